The number of benzene rings is 2. The van der Waals surface area contributed by atoms with Crippen molar-refractivity contribution < 1.29 is 23.1 Å². The van der Waals surface area contributed by atoms with Crippen LogP contribution >= 0.6 is 11.6 Å². The van der Waals surface area contributed by atoms with Crippen LogP contribution in [0.15, 0.2) is 42.5 Å². The summed E-state index contributed by atoms with van der Waals surface area (Å²) in [4.78, 5) is 29.0. The van der Waals surface area contributed by atoms with E-state index in [2.05, 4.69) is 0 Å². The van der Waals surface area contributed by atoms with Gasteiger partial charge < -0.3 is 14.5 Å². The molecule has 2 aliphatic rings. The third-order valence-corrected chi connectivity index (χ3v) is 7.08. The van der Waals surface area contributed by atoms with Crippen LogP contribution in [0.4, 0.5) is 8.78 Å². The van der Waals surface area contributed by atoms with Gasteiger partial charge in [-0.3, -0.25) is 9.59 Å². The Labute approximate surface area is 203 Å². The fourth-order valence-electron chi connectivity index (χ4n) is 4.61. The van der Waals surface area contributed by atoms with Crippen molar-refractivity contribution in [3.63, 3.8) is 0 Å². The Morgan fingerprint density at radius 1 is 1.09 bits per heavy atom. The van der Waals surface area contributed by atoms with Gasteiger partial charge >= 0.3 is 0 Å². The Kier molecular flexibility index (Phi) is 7.71. The van der Waals surface area contributed by atoms with Gasteiger partial charge in [0.2, 0.25) is 5.91 Å². The van der Waals surface area contributed by atoms with E-state index in [-0.39, 0.29) is 36.3 Å². The third kappa shape index (κ3) is 6.06. The van der Waals surface area contributed by atoms with E-state index in [0.717, 1.165) is 18.9 Å². The molecule has 0 N–H and O–H groups in total. The zero-order chi connectivity index (χ0) is 24.2. The molecule has 0 spiro atoms. The molecule has 1 heterocycles. The number of likely N-dealkylation sites (N-methyl/N-ethyl adjacent to an activating group) is 1. The fraction of sp³-hybridized carbons (Fsp3) is 0.462. The van der Waals surface area contributed by atoms with Crippen LogP contribution in [0, 0.1) is 23.5 Å². The lowest BCUT2D eigenvalue weighted by Gasteiger charge is -2.40. The standard InChI is InChI=1S/C26H29ClF2N2O3/c1-30(26(33)18-2-3-18)24(14-19-4-7-21(28)15-23(19)29)17-10-12-31(13-11-17)25(32)16-34-22-8-5-20(27)6-9-22/h4-9,15,17-18,24H,2-3,10-14,16H2,1H3/t24-/m0/s1. The number of nitrogens with zero attached hydrogens (tertiary/aromatic N) is 2. The molecule has 1 aliphatic heterocycles. The normalized spacial score (nSPS) is 17.4. The maximum Gasteiger partial charge on any atom is 0.260 e. The summed E-state index contributed by atoms with van der Waals surface area (Å²) in [6.45, 7) is 1.03. The minimum Gasteiger partial charge on any atom is -0.484 e. The van der Waals surface area contributed by atoms with Gasteiger partial charge in [-0.05, 0) is 73.9 Å². The van der Waals surface area contributed by atoms with Crippen LogP contribution in [0.2, 0.25) is 5.02 Å². The monoisotopic (exact) mass is 490 g/mol. The number of amides is 2. The number of halogens is 3. The molecule has 8 heteroatoms. The van der Waals surface area contributed by atoms with Crippen molar-refractivity contribution in [1.29, 1.82) is 0 Å². The van der Waals surface area contributed by atoms with Crippen LogP contribution in [0.1, 0.15) is 31.2 Å². The summed E-state index contributed by atoms with van der Waals surface area (Å²) in [5, 5.41) is 0.598. The van der Waals surface area contributed by atoms with Crippen LogP contribution in [0.3, 0.4) is 0 Å². The van der Waals surface area contributed by atoms with E-state index in [9.17, 15) is 18.4 Å². The van der Waals surface area contributed by atoms with E-state index in [1.54, 1.807) is 41.1 Å². The molecule has 0 unspecified atom stereocenters. The lowest BCUT2D eigenvalue weighted by atomic mass is 9.84. The Bertz CT molecular complexity index is 1020. The van der Waals surface area contributed by atoms with Crippen molar-refractivity contribution in [1.82, 2.24) is 9.80 Å². The number of carbonyl (C=O) groups excluding carboxylic acids is 2. The number of ether oxygens (including phenoxy) is 1. The summed E-state index contributed by atoms with van der Waals surface area (Å²) in [5.74, 6) is -0.485. The number of hydrogen-bond donors (Lipinski definition) is 0. The molecule has 0 bridgehead atoms. The van der Waals surface area contributed by atoms with E-state index in [1.165, 1.54) is 12.1 Å². The van der Waals surface area contributed by atoms with Crippen LogP contribution in [-0.2, 0) is 16.0 Å². The molecule has 1 saturated heterocycles. The number of piperidine rings is 1. The predicted molar refractivity (Wildman–Crippen MR) is 126 cm³/mol. The van der Waals surface area contributed by atoms with E-state index in [0.29, 0.717) is 48.7 Å². The van der Waals surface area contributed by atoms with Gasteiger partial charge in [0.1, 0.15) is 17.4 Å². The number of likely N-dealkylation sites (tertiary alicyclic amines) is 1. The van der Waals surface area contributed by atoms with Crippen molar-refractivity contribution >= 4 is 23.4 Å². The second-order valence-corrected chi connectivity index (χ2v) is 9.63. The smallest absolute Gasteiger partial charge is 0.260 e. The summed E-state index contributed by atoms with van der Waals surface area (Å²) in [6, 6.07) is 10.2. The molecular weight excluding hydrogens is 462 g/mol. The molecule has 2 amide bonds. The van der Waals surface area contributed by atoms with Gasteiger partial charge in [-0.2, -0.15) is 0 Å². The van der Waals surface area contributed by atoms with Crippen molar-refractivity contribution in [2.45, 2.75) is 38.1 Å². The highest BCUT2D eigenvalue weighted by Gasteiger charge is 2.38. The lowest BCUT2D eigenvalue weighted by Crippen LogP contribution is -2.49. The second-order valence-electron chi connectivity index (χ2n) is 9.19. The highest BCUT2D eigenvalue weighted by atomic mass is 35.5. The molecule has 0 aromatic heterocycles. The second kappa shape index (κ2) is 10.7. The van der Waals surface area contributed by atoms with Crippen molar-refractivity contribution in [2.75, 3.05) is 26.7 Å². The van der Waals surface area contributed by atoms with E-state index in [4.69, 9.17) is 16.3 Å². The third-order valence-electron chi connectivity index (χ3n) is 6.83. The topological polar surface area (TPSA) is 49.9 Å². The van der Waals surface area contributed by atoms with Gasteiger partial charge in [0.05, 0.1) is 0 Å². The molecule has 5 nitrogen and oxygen atoms in total. The molecule has 2 aromatic rings. The van der Waals surface area contributed by atoms with Crippen LogP contribution in [-0.4, -0.2) is 54.4 Å². The van der Waals surface area contributed by atoms with Gasteiger partial charge in [0, 0.05) is 43.2 Å². The van der Waals surface area contributed by atoms with E-state index in [1.807, 2.05) is 0 Å². The number of rotatable bonds is 8. The van der Waals surface area contributed by atoms with Crippen LogP contribution in [0.25, 0.3) is 0 Å². The number of hydrogen-bond acceptors (Lipinski definition) is 3. The Hall–Kier alpha value is -2.67. The fourth-order valence-corrected chi connectivity index (χ4v) is 4.74. The predicted octanol–water partition coefficient (Wildman–Crippen LogP) is 4.72. The zero-order valence-electron chi connectivity index (χ0n) is 19.2. The van der Waals surface area contributed by atoms with Gasteiger partial charge in [0.15, 0.2) is 6.61 Å². The van der Waals surface area contributed by atoms with Crippen molar-refractivity contribution in [3.8, 4) is 5.75 Å². The molecule has 34 heavy (non-hydrogen) atoms. The molecule has 2 aromatic carbocycles. The van der Waals surface area contributed by atoms with E-state index < -0.39 is 11.6 Å². The lowest BCUT2D eigenvalue weighted by molar-refractivity contribution is -0.138. The molecule has 1 saturated carbocycles. The summed E-state index contributed by atoms with van der Waals surface area (Å²) >= 11 is 5.87. The molecule has 4 rings (SSSR count). The number of carbonyl (C=O) groups is 2. The van der Waals surface area contributed by atoms with Gasteiger partial charge in [-0.1, -0.05) is 17.7 Å². The van der Waals surface area contributed by atoms with Crippen LogP contribution < -0.4 is 4.74 Å². The van der Waals surface area contributed by atoms with Crippen molar-refractivity contribution in [3.05, 3.63) is 64.7 Å². The summed E-state index contributed by atoms with van der Waals surface area (Å²) in [6.07, 6.45) is 3.49. The first kappa shape index (κ1) is 24.5. The van der Waals surface area contributed by atoms with Gasteiger partial charge in [-0.15, -0.1) is 0 Å². The average molecular weight is 491 g/mol. The largest absolute Gasteiger partial charge is 0.484 e. The Morgan fingerprint density at radius 2 is 1.76 bits per heavy atom. The van der Waals surface area contributed by atoms with Gasteiger partial charge in [-0.25, -0.2) is 8.78 Å². The molecular formula is C26H29ClF2N2O3. The highest BCUT2D eigenvalue weighted by Crippen LogP contribution is 2.34. The first-order chi connectivity index (χ1) is 16.3. The molecule has 0 radical (unpaired) electrons. The maximum absolute atomic E-state index is 14.4. The summed E-state index contributed by atoms with van der Waals surface area (Å²) in [7, 11) is 1.78. The first-order valence-corrected chi connectivity index (χ1v) is 12.1. The summed E-state index contributed by atoms with van der Waals surface area (Å²) < 4.78 is 33.4. The van der Waals surface area contributed by atoms with E-state index >= 15 is 0 Å². The SMILES string of the molecule is CN(C(=O)C1CC1)[C@@H](Cc1ccc(F)cc1F)C1CCN(C(=O)COc2ccc(Cl)cc2)CC1. The minimum atomic E-state index is -0.618. The average Bonchev–Trinajstić information content (AvgIpc) is 3.68. The summed E-state index contributed by atoms with van der Waals surface area (Å²) in [5.41, 5.74) is 0.400. The highest BCUT2D eigenvalue weighted by molar-refractivity contribution is 6.30. The van der Waals surface area contributed by atoms with Crippen molar-refractivity contribution in [2.24, 2.45) is 11.8 Å². The molecule has 1 atom stereocenters. The van der Waals surface area contributed by atoms with Crippen LogP contribution in [0.5, 0.6) is 5.75 Å². The zero-order valence-corrected chi connectivity index (χ0v) is 19.9. The molecule has 182 valence electrons. The maximum atomic E-state index is 14.4. The quantitative estimate of drug-likeness (QED) is 0.538. The van der Waals surface area contributed by atoms with Gasteiger partial charge in [0.25, 0.3) is 5.91 Å². The first-order valence-electron chi connectivity index (χ1n) is 11.7. The minimum absolute atomic E-state index is 0.0530. The Morgan fingerprint density at radius 3 is 2.38 bits per heavy atom. The molecule has 1 aliphatic carbocycles. The Balaban J connectivity index is 1.38. The molecule has 2 fully saturated rings.